The quantitative estimate of drug-likeness (QED) is 0.442. The molecule has 0 bridgehead atoms. The lowest BCUT2D eigenvalue weighted by Crippen LogP contribution is -2.17. The van der Waals surface area contributed by atoms with E-state index in [2.05, 4.69) is 31.4 Å². The lowest BCUT2D eigenvalue weighted by molar-refractivity contribution is 0.0955. The first kappa shape index (κ1) is 19.6. The molecule has 0 fully saturated rings. The summed E-state index contributed by atoms with van der Waals surface area (Å²) < 4.78 is 12.1. The number of halogens is 1. The lowest BCUT2D eigenvalue weighted by atomic mass is 10.2. The second-order valence-electron chi connectivity index (χ2n) is 5.74. The predicted octanol–water partition coefficient (Wildman–Crippen LogP) is 4.20. The molecule has 1 N–H and O–H groups in total. The molecule has 7 heteroatoms. The van der Waals surface area contributed by atoms with Crippen molar-refractivity contribution < 1.29 is 14.3 Å². The van der Waals surface area contributed by atoms with Gasteiger partial charge in [0.2, 0.25) is 0 Å². The average Bonchev–Trinajstić information content (AvgIpc) is 2.74. The SMILES string of the molecule is COc1cc(C=NNC(=O)c2cccnc2)c(Br)cc1OCc1ccccc1. The molecule has 142 valence electrons. The van der Waals surface area contributed by atoms with Gasteiger partial charge in [-0.25, -0.2) is 5.43 Å². The zero-order valence-corrected chi connectivity index (χ0v) is 16.7. The zero-order chi connectivity index (χ0) is 19.8. The minimum atomic E-state index is -0.338. The molecule has 0 spiro atoms. The van der Waals surface area contributed by atoms with E-state index in [-0.39, 0.29) is 5.91 Å². The van der Waals surface area contributed by atoms with Gasteiger partial charge in [0.15, 0.2) is 11.5 Å². The van der Waals surface area contributed by atoms with Crippen molar-refractivity contribution in [3.05, 3.63) is 88.2 Å². The van der Waals surface area contributed by atoms with E-state index in [0.29, 0.717) is 23.7 Å². The Labute approximate surface area is 171 Å². The van der Waals surface area contributed by atoms with Gasteiger partial charge in [-0.3, -0.25) is 9.78 Å². The number of hydrogen-bond donors (Lipinski definition) is 1. The van der Waals surface area contributed by atoms with Gasteiger partial charge in [-0.2, -0.15) is 5.10 Å². The maximum Gasteiger partial charge on any atom is 0.272 e. The second-order valence-corrected chi connectivity index (χ2v) is 6.59. The summed E-state index contributed by atoms with van der Waals surface area (Å²) in [7, 11) is 1.57. The molecule has 0 saturated carbocycles. The van der Waals surface area contributed by atoms with E-state index < -0.39 is 0 Å². The summed E-state index contributed by atoms with van der Waals surface area (Å²) in [6.07, 6.45) is 4.61. The Morgan fingerprint density at radius 2 is 2.00 bits per heavy atom. The largest absolute Gasteiger partial charge is 0.493 e. The molecule has 0 radical (unpaired) electrons. The van der Waals surface area contributed by atoms with Crippen molar-refractivity contribution in [1.82, 2.24) is 10.4 Å². The zero-order valence-electron chi connectivity index (χ0n) is 15.1. The number of ether oxygens (including phenoxy) is 2. The van der Waals surface area contributed by atoms with Crippen LogP contribution in [0.25, 0.3) is 0 Å². The number of rotatable bonds is 7. The van der Waals surface area contributed by atoms with Gasteiger partial charge < -0.3 is 9.47 Å². The van der Waals surface area contributed by atoms with Crippen LogP contribution in [0.3, 0.4) is 0 Å². The van der Waals surface area contributed by atoms with Crippen LogP contribution in [0.5, 0.6) is 11.5 Å². The molecular formula is C21H18BrN3O3. The van der Waals surface area contributed by atoms with Gasteiger partial charge in [0.05, 0.1) is 18.9 Å². The van der Waals surface area contributed by atoms with Crippen LogP contribution in [0.2, 0.25) is 0 Å². The van der Waals surface area contributed by atoms with E-state index >= 15 is 0 Å². The fraction of sp³-hybridized carbons (Fsp3) is 0.0952. The number of hydrazone groups is 1. The first-order valence-corrected chi connectivity index (χ1v) is 9.24. The maximum absolute atomic E-state index is 12.0. The third kappa shape index (κ3) is 5.17. The monoisotopic (exact) mass is 439 g/mol. The fourth-order valence-electron chi connectivity index (χ4n) is 2.38. The summed E-state index contributed by atoms with van der Waals surface area (Å²) in [6, 6.07) is 16.8. The molecule has 0 unspecified atom stereocenters. The van der Waals surface area contributed by atoms with Gasteiger partial charge in [0.25, 0.3) is 5.91 Å². The minimum Gasteiger partial charge on any atom is -0.493 e. The van der Waals surface area contributed by atoms with E-state index in [1.54, 1.807) is 31.5 Å². The van der Waals surface area contributed by atoms with Crippen LogP contribution >= 0.6 is 15.9 Å². The van der Waals surface area contributed by atoms with Crippen molar-refractivity contribution in [2.45, 2.75) is 6.61 Å². The standard InChI is InChI=1S/C21H18BrN3O3/c1-27-19-10-17(13-24-25-21(26)16-8-5-9-23-12-16)18(22)11-20(19)28-14-15-6-3-2-4-7-15/h2-13H,14H2,1H3,(H,25,26). The minimum absolute atomic E-state index is 0.338. The van der Waals surface area contributed by atoms with Crippen molar-refractivity contribution in [2.24, 2.45) is 5.10 Å². The number of pyridine rings is 1. The van der Waals surface area contributed by atoms with E-state index in [1.165, 1.54) is 12.4 Å². The number of amides is 1. The maximum atomic E-state index is 12.0. The molecule has 28 heavy (non-hydrogen) atoms. The lowest BCUT2D eigenvalue weighted by Gasteiger charge is -2.12. The highest BCUT2D eigenvalue weighted by Crippen LogP contribution is 2.33. The number of benzene rings is 2. The number of aromatic nitrogens is 1. The number of nitrogens with one attached hydrogen (secondary N) is 1. The highest BCUT2D eigenvalue weighted by atomic mass is 79.9. The van der Waals surface area contributed by atoms with Crippen LogP contribution < -0.4 is 14.9 Å². The summed E-state index contributed by atoms with van der Waals surface area (Å²) >= 11 is 3.50. The number of nitrogens with zero attached hydrogens (tertiary/aromatic N) is 2. The smallest absolute Gasteiger partial charge is 0.272 e. The van der Waals surface area contributed by atoms with Crippen molar-refractivity contribution in [1.29, 1.82) is 0 Å². The Morgan fingerprint density at radius 3 is 2.71 bits per heavy atom. The van der Waals surface area contributed by atoms with Crippen molar-refractivity contribution in [3.8, 4) is 11.5 Å². The molecule has 3 rings (SSSR count). The van der Waals surface area contributed by atoms with Gasteiger partial charge >= 0.3 is 0 Å². The van der Waals surface area contributed by atoms with Crippen molar-refractivity contribution in [3.63, 3.8) is 0 Å². The van der Waals surface area contributed by atoms with Crippen LogP contribution in [0.15, 0.2) is 76.6 Å². The van der Waals surface area contributed by atoms with Crippen molar-refractivity contribution in [2.75, 3.05) is 7.11 Å². The van der Waals surface area contributed by atoms with Crippen LogP contribution in [0.4, 0.5) is 0 Å². The van der Waals surface area contributed by atoms with Crippen LogP contribution in [-0.4, -0.2) is 24.2 Å². The predicted molar refractivity (Wildman–Crippen MR) is 111 cm³/mol. The Hall–Kier alpha value is -3.19. The Bertz CT molecular complexity index is 963. The Balaban J connectivity index is 1.69. The highest BCUT2D eigenvalue weighted by molar-refractivity contribution is 9.10. The first-order valence-electron chi connectivity index (χ1n) is 8.45. The number of methoxy groups -OCH3 is 1. The van der Waals surface area contributed by atoms with Gasteiger partial charge in [0, 0.05) is 22.4 Å². The summed E-state index contributed by atoms with van der Waals surface area (Å²) in [5.74, 6) is 0.837. The molecule has 0 saturated heterocycles. The van der Waals surface area contributed by atoms with E-state index in [0.717, 1.165) is 15.6 Å². The topological polar surface area (TPSA) is 72.8 Å². The molecule has 6 nitrogen and oxygen atoms in total. The van der Waals surface area contributed by atoms with Gasteiger partial charge in [0.1, 0.15) is 6.61 Å². The molecule has 0 atom stereocenters. The molecule has 2 aromatic carbocycles. The van der Waals surface area contributed by atoms with Crippen LogP contribution in [-0.2, 0) is 6.61 Å². The molecule has 1 amide bonds. The molecule has 0 aliphatic rings. The van der Waals surface area contributed by atoms with Crippen LogP contribution in [0, 0.1) is 0 Å². The first-order chi connectivity index (χ1) is 13.7. The van der Waals surface area contributed by atoms with Gasteiger partial charge in [-0.05, 0) is 45.8 Å². The highest BCUT2D eigenvalue weighted by Gasteiger charge is 2.10. The van der Waals surface area contributed by atoms with E-state index in [4.69, 9.17) is 9.47 Å². The van der Waals surface area contributed by atoms with Crippen LogP contribution in [0.1, 0.15) is 21.5 Å². The third-order valence-corrected chi connectivity index (χ3v) is 4.50. The molecular weight excluding hydrogens is 422 g/mol. The Kier molecular flexibility index (Phi) is 6.75. The summed E-state index contributed by atoms with van der Waals surface area (Å²) in [5.41, 5.74) is 4.69. The molecule has 3 aromatic rings. The van der Waals surface area contributed by atoms with Gasteiger partial charge in [-0.1, -0.05) is 30.3 Å². The molecule has 1 aromatic heterocycles. The molecule has 1 heterocycles. The normalized spacial score (nSPS) is 10.6. The second kappa shape index (κ2) is 9.66. The molecule has 0 aliphatic carbocycles. The number of carbonyl (C=O) groups is 1. The Morgan fingerprint density at radius 1 is 1.18 bits per heavy atom. The van der Waals surface area contributed by atoms with E-state index in [9.17, 15) is 4.79 Å². The van der Waals surface area contributed by atoms with E-state index in [1.807, 2.05) is 36.4 Å². The average molecular weight is 440 g/mol. The summed E-state index contributed by atoms with van der Waals surface area (Å²) in [6.45, 7) is 0.429. The summed E-state index contributed by atoms with van der Waals surface area (Å²) in [4.78, 5) is 15.9. The number of carbonyl (C=O) groups excluding carboxylic acids is 1. The fourth-order valence-corrected chi connectivity index (χ4v) is 2.80. The van der Waals surface area contributed by atoms with Gasteiger partial charge in [-0.15, -0.1) is 0 Å². The van der Waals surface area contributed by atoms with Crippen molar-refractivity contribution >= 4 is 28.1 Å². The summed E-state index contributed by atoms with van der Waals surface area (Å²) in [5, 5.41) is 4.00. The molecule has 0 aliphatic heterocycles. The number of hydrogen-bond acceptors (Lipinski definition) is 5. The third-order valence-electron chi connectivity index (χ3n) is 3.81.